The van der Waals surface area contributed by atoms with Gasteiger partial charge in [0.05, 0.1) is 5.54 Å². The Balaban J connectivity index is 2.17. The summed E-state index contributed by atoms with van der Waals surface area (Å²) in [5, 5.41) is 0. The molecule has 0 aliphatic heterocycles. The van der Waals surface area contributed by atoms with E-state index in [1.807, 2.05) is 18.2 Å². The predicted octanol–water partition coefficient (Wildman–Crippen LogP) is 3.89. The smallest absolute Gasteiger partial charge is 0.159 e. The maximum atomic E-state index is 13.6. The second-order valence-electron chi connectivity index (χ2n) is 5.46. The van der Waals surface area contributed by atoms with Crippen molar-refractivity contribution in [1.29, 1.82) is 0 Å². The summed E-state index contributed by atoms with van der Waals surface area (Å²) >= 11 is 0. The van der Waals surface area contributed by atoms with Gasteiger partial charge in [0.2, 0.25) is 0 Å². The normalized spacial score (nSPS) is 22.1. The average Bonchev–Trinajstić information content (AvgIpc) is 2.63. The Morgan fingerprint density at radius 3 is 2.55 bits per heavy atom. The van der Waals surface area contributed by atoms with Crippen LogP contribution in [0.3, 0.4) is 0 Å². The molecule has 1 aliphatic rings. The summed E-state index contributed by atoms with van der Waals surface area (Å²) in [7, 11) is 0. The van der Waals surface area contributed by atoms with Crippen LogP contribution in [-0.2, 0) is 12.0 Å². The van der Waals surface area contributed by atoms with E-state index in [9.17, 15) is 8.78 Å². The van der Waals surface area contributed by atoms with Crippen molar-refractivity contribution in [3.63, 3.8) is 0 Å². The summed E-state index contributed by atoms with van der Waals surface area (Å²) in [5.74, 6) is -1.67. The molecule has 104 valence electrons. The first kappa shape index (κ1) is 13.3. The summed E-state index contributed by atoms with van der Waals surface area (Å²) in [6.07, 6.45) is 3.78. The van der Waals surface area contributed by atoms with Crippen LogP contribution in [0.1, 0.15) is 36.0 Å². The van der Waals surface area contributed by atoms with Crippen LogP contribution in [-0.4, -0.2) is 0 Å². The third-order valence-electron chi connectivity index (χ3n) is 4.20. The van der Waals surface area contributed by atoms with E-state index in [-0.39, 0.29) is 0 Å². The number of halogens is 2. The second-order valence-corrected chi connectivity index (χ2v) is 5.46. The SMILES string of the molecule is NC1(c2ccc(F)c(F)c2)CCCCc2ccccc21. The van der Waals surface area contributed by atoms with Crippen LogP contribution in [0.5, 0.6) is 0 Å². The monoisotopic (exact) mass is 273 g/mol. The summed E-state index contributed by atoms with van der Waals surface area (Å²) in [5.41, 5.74) is 8.77. The highest BCUT2D eigenvalue weighted by molar-refractivity contribution is 5.43. The number of benzene rings is 2. The summed E-state index contributed by atoms with van der Waals surface area (Å²) in [4.78, 5) is 0. The van der Waals surface area contributed by atoms with Crippen LogP contribution in [0.25, 0.3) is 0 Å². The molecule has 3 rings (SSSR count). The van der Waals surface area contributed by atoms with E-state index in [4.69, 9.17) is 5.73 Å². The van der Waals surface area contributed by atoms with E-state index in [1.54, 1.807) is 6.07 Å². The van der Waals surface area contributed by atoms with E-state index < -0.39 is 17.2 Å². The van der Waals surface area contributed by atoms with Crippen LogP contribution in [0.4, 0.5) is 8.78 Å². The molecule has 2 N–H and O–H groups in total. The molecule has 1 atom stereocenters. The maximum Gasteiger partial charge on any atom is 0.159 e. The Hall–Kier alpha value is -1.74. The van der Waals surface area contributed by atoms with Crippen molar-refractivity contribution >= 4 is 0 Å². The van der Waals surface area contributed by atoms with Gasteiger partial charge >= 0.3 is 0 Å². The minimum absolute atomic E-state index is 0.644. The van der Waals surface area contributed by atoms with E-state index in [0.717, 1.165) is 37.3 Å². The van der Waals surface area contributed by atoms with Crippen molar-refractivity contribution in [1.82, 2.24) is 0 Å². The van der Waals surface area contributed by atoms with Crippen molar-refractivity contribution in [2.45, 2.75) is 31.2 Å². The molecule has 0 saturated carbocycles. The summed E-state index contributed by atoms with van der Waals surface area (Å²) in [6, 6.07) is 12.0. The molecule has 0 saturated heterocycles. The van der Waals surface area contributed by atoms with Crippen LogP contribution in [0.15, 0.2) is 42.5 Å². The number of fused-ring (bicyclic) bond motifs is 1. The fraction of sp³-hybridized carbons (Fsp3) is 0.294. The topological polar surface area (TPSA) is 26.0 Å². The number of aryl methyl sites for hydroxylation is 1. The Labute approximate surface area is 117 Å². The summed E-state index contributed by atoms with van der Waals surface area (Å²) < 4.78 is 26.7. The molecule has 3 heteroatoms. The molecule has 2 aromatic carbocycles. The van der Waals surface area contributed by atoms with Gasteiger partial charge in [0.1, 0.15) is 0 Å². The Morgan fingerprint density at radius 1 is 0.950 bits per heavy atom. The lowest BCUT2D eigenvalue weighted by molar-refractivity contribution is 0.465. The van der Waals surface area contributed by atoms with E-state index >= 15 is 0 Å². The lowest BCUT2D eigenvalue weighted by Gasteiger charge is -2.31. The third-order valence-corrected chi connectivity index (χ3v) is 4.20. The van der Waals surface area contributed by atoms with E-state index in [2.05, 4.69) is 6.07 Å². The first-order valence-electron chi connectivity index (χ1n) is 6.94. The van der Waals surface area contributed by atoms with Gasteiger partial charge in [-0.05, 0) is 48.1 Å². The molecule has 2 aromatic rings. The molecule has 1 unspecified atom stereocenters. The number of rotatable bonds is 1. The minimum Gasteiger partial charge on any atom is -0.318 e. The molecular weight excluding hydrogens is 256 g/mol. The molecule has 0 heterocycles. The van der Waals surface area contributed by atoms with Gasteiger partial charge in [-0.2, -0.15) is 0 Å². The zero-order chi connectivity index (χ0) is 14.2. The molecule has 1 aliphatic carbocycles. The van der Waals surface area contributed by atoms with Crippen molar-refractivity contribution < 1.29 is 8.78 Å². The zero-order valence-electron chi connectivity index (χ0n) is 11.2. The molecule has 0 aromatic heterocycles. The van der Waals surface area contributed by atoms with Gasteiger partial charge in [-0.3, -0.25) is 0 Å². The highest BCUT2D eigenvalue weighted by Gasteiger charge is 2.33. The first-order valence-corrected chi connectivity index (χ1v) is 6.94. The highest BCUT2D eigenvalue weighted by atomic mass is 19.2. The fourth-order valence-corrected chi connectivity index (χ4v) is 3.10. The van der Waals surface area contributed by atoms with E-state index in [1.165, 1.54) is 11.6 Å². The lowest BCUT2D eigenvalue weighted by Crippen LogP contribution is -2.38. The molecule has 20 heavy (non-hydrogen) atoms. The maximum absolute atomic E-state index is 13.6. The minimum atomic E-state index is -0.839. The molecule has 0 spiro atoms. The Bertz CT molecular complexity index is 639. The lowest BCUT2D eigenvalue weighted by atomic mass is 9.79. The third kappa shape index (κ3) is 2.12. The fourth-order valence-electron chi connectivity index (χ4n) is 3.10. The van der Waals surface area contributed by atoms with Gasteiger partial charge in [-0.25, -0.2) is 8.78 Å². The predicted molar refractivity (Wildman–Crippen MR) is 75.3 cm³/mol. The Morgan fingerprint density at radius 2 is 1.75 bits per heavy atom. The number of hydrogen-bond acceptors (Lipinski definition) is 1. The van der Waals surface area contributed by atoms with Gasteiger partial charge in [0.15, 0.2) is 11.6 Å². The van der Waals surface area contributed by atoms with Crippen molar-refractivity contribution in [2.75, 3.05) is 0 Å². The molecule has 0 amide bonds. The highest BCUT2D eigenvalue weighted by Crippen LogP contribution is 2.37. The molecule has 0 bridgehead atoms. The van der Waals surface area contributed by atoms with Crippen LogP contribution < -0.4 is 5.73 Å². The summed E-state index contributed by atoms with van der Waals surface area (Å²) in [6.45, 7) is 0. The second kappa shape index (κ2) is 4.98. The molecule has 0 radical (unpaired) electrons. The van der Waals surface area contributed by atoms with Crippen molar-refractivity contribution in [2.24, 2.45) is 5.73 Å². The molecular formula is C17H17F2N. The number of hydrogen-bond donors (Lipinski definition) is 1. The largest absolute Gasteiger partial charge is 0.318 e. The Kier molecular flexibility index (Phi) is 3.30. The van der Waals surface area contributed by atoms with Gasteiger partial charge in [0, 0.05) is 0 Å². The quantitative estimate of drug-likeness (QED) is 0.784. The van der Waals surface area contributed by atoms with Gasteiger partial charge in [-0.1, -0.05) is 36.8 Å². The van der Waals surface area contributed by atoms with Crippen molar-refractivity contribution in [3.8, 4) is 0 Å². The van der Waals surface area contributed by atoms with Crippen molar-refractivity contribution in [3.05, 3.63) is 70.8 Å². The van der Waals surface area contributed by atoms with Gasteiger partial charge < -0.3 is 5.73 Å². The van der Waals surface area contributed by atoms with Crippen LogP contribution >= 0.6 is 0 Å². The number of nitrogens with two attached hydrogens (primary N) is 1. The first-order chi connectivity index (χ1) is 9.61. The van der Waals surface area contributed by atoms with Gasteiger partial charge in [0.25, 0.3) is 0 Å². The molecule has 0 fully saturated rings. The van der Waals surface area contributed by atoms with Gasteiger partial charge in [-0.15, -0.1) is 0 Å². The van der Waals surface area contributed by atoms with E-state index in [0.29, 0.717) is 5.56 Å². The zero-order valence-corrected chi connectivity index (χ0v) is 11.2. The standard InChI is InChI=1S/C17H17F2N/c18-15-9-8-13(11-16(15)19)17(20)10-4-3-6-12-5-1-2-7-14(12)17/h1-2,5,7-9,11H,3-4,6,10,20H2. The average molecular weight is 273 g/mol. The molecule has 1 nitrogen and oxygen atoms in total. The van der Waals surface area contributed by atoms with Crippen LogP contribution in [0.2, 0.25) is 0 Å². The van der Waals surface area contributed by atoms with Crippen LogP contribution in [0, 0.1) is 11.6 Å².